The molecule has 4 heteroatoms. The van der Waals surface area contributed by atoms with E-state index < -0.39 is 0 Å². The topological polar surface area (TPSA) is 34.9 Å². The van der Waals surface area contributed by atoms with E-state index in [1.54, 1.807) is 28.2 Å². The van der Waals surface area contributed by atoms with Crippen molar-refractivity contribution in [2.24, 2.45) is 0 Å². The molecule has 0 aliphatic carbocycles. The minimum atomic E-state index is -0.0681. The fourth-order valence-corrected chi connectivity index (χ4v) is 3.71. The Morgan fingerprint density at radius 3 is 2.30 bits per heavy atom. The van der Waals surface area contributed by atoms with E-state index in [9.17, 15) is 4.79 Å². The van der Waals surface area contributed by atoms with Crippen LogP contribution in [-0.4, -0.2) is 9.78 Å². The van der Waals surface area contributed by atoms with Crippen molar-refractivity contribution in [3.63, 3.8) is 0 Å². The summed E-state index contributed by atoms with van der Waals surface area (Å²) in [4.78, 5) is 14.5. The molecule has 0 aliphatic rings. The van der Waals surface area contributed by atoms with Crippen LogP contribution < -0.4 is 5.56 Å². The summed E-state index contributed by atoms with van der Waals surface area (Å²) in [6, 6.07) is 11.8. The average molecular weight is 324 g/mol. The Kier molecular flexibility index (Phi) is 4.18. The van der Waals surface area contributed by atoms with Gasteiger partial charge in [-0.25, -0.2) is 4.68 Å². The third-order valence-corrected chi connectivity index (χ3v) is 5.03. The Bertz CT molecular complexity index is 898. The number of thiophene rings is 1. The fraction of sp³-hybridized carbons (Fsp3) is 0.263. The number of aromatic nitrogens is 2. The van der Waals surface area contributed by atoms with Crippen molar-refractivity contribution in [3.05, 3.63) is 73.9 Å². The van der Waals surface area contributed by atoms with Gasteiger partial charge in [0.05, 0.1) is 11.4 Å². The molecule has 118 valence electrons. The Morgan fingerprint density at radius 2 is 1.70 bits per heavy atom. The maximum atomic E-state index is 12.2. The molecule has 0 unspecified atom stereocenters. The molecule has 2 aromatic heterocycles. The van der Waals surface area contributed by atoms with Gasteiger partial charge in [-0.1, -0.05) is 17.7 Å². The van der Waals surface area contributed by atoms with Gasteiger partial charge in [0.25, 0.3) is 5.56 Å². The van der Waals surface area contributed by atoms with E-state index in [1.807, 2.05) is 0 Å². The molecular weight excluding hydrogens is 304 g/mol. The lowest BCUT2D eigenvalue weighted by Crippen LogP contribution is -2.23. The van der Waals surface area contributed by atoms with Crippen LogP contribution in [0.4, 0.5) is 0 Å². The lowest BCUT2D eigenvalue weighted by Gasteiger charge is -2.13. The molecule has 2 heterocycles. The number of benzene rings is 1. The van der Waals surface area contributed by atoms with Crippen LogP contribution in [0.3, 0.4) is 0 Å². The van der Waals surface area contributed by atoms with Crippen LogP contribution in [0.5, 0.6) is 0 Å². The predicted octanol–water partition coefficient (Wildman–Crippen LogP) is 4.25. The number of hydrogen-bond acceptors (Lipinski definition) is 3. The molecule has 3 aromatic rings. The summed E-state index contributed by atoms with van der Waals surface area (Å²) in [5.41, 5.74) is 5.60. The molecule has 1 aromatic carbocycles. The maximum absolute atomic E-state index is 12.2. The fourth-order valence-electron chi connectivity index (χ4n) is 2.87. The Morgan fingerprint density at radius 1 is 1.00 bits per heavy atom. The largest absolute Gasteiger partial charge is 0.268 e. The van der Waals surface area contributed by atoms with Crippen LogP contribution in [0.15, 0.2) is 41.2 Å². The van der Waals surface area contributed by atoms with Crippen molar-refractivity contribution < 1.29 is 0 Å². The molecule has 0 radical (unpaired) electrons. The highest BCUT2D eigenvalue weighted by Crippen LogP contribution is 2.25. The van der Waals surface area contributed by atoms with Crippen LogP contribution in [-0.2, 0) is 6.54 Å². The average Bonchev–Trinajstić information content (AvgIpc) is 2.91. The highest BCUT2D eigenvalue weighted by atomic mass is 32.1. The van der Waals surface area contributed by atoms with Gasteiger partial charge >= 0.3 is 0 Å². The SMILES string of the molecule is Cc1cc(C)c(Cn2nc(-c3ccc(C)s3)ccc2=O)c(C)c1. The smallest absolute Gasteiger partial charge is 0.267 e. The second-order valence-corrected chi connectivity index (χ2v) is 7.29. The zero-order valence-corrected chi connectivity index (χ0v) is 14.7. The highest BCUT2D eigenvalue weighted by Gasteiger charge is 2.09. The van der Waals surface area contributed by atoms with Crippen molar-refractivity contribution in [2.45, 2.75) is 34.2 Å². The summed E-state index contributed by atoms with van der Waals surface area (Å²) < 4.78 is 1.56. The number of hydrogen-bond donors (Lipinski definition) is 0. The van der Waals surface area contributed by atoms with Crippen molar-refractivity contribution in [2.75, 3.05) is 0 Å². The first-order valence-electron chi connectivity index (χ1n) is 7.66. The molecule has 23 heavy (non-hydrogen) atoms. The van der Waals surface area contributed by atoms with Crippen LogP contribution in [0.25, 0.3) is 10.6 Å². The first-order chi connectivity index (χ1) is 10.9. The van der Waals surface area contributed by atoms with Gasteiger partial charge in [0.15, 0.2) is 0 Å². The molecule has 0 saturated heterocycles. The number of rotatable bonds is 3. The van der Waals surface area contributed by atoms with Gasteiger partial charge in [-0.2, -0.15) is 5.10 Å². The van der Waals surface area contributed by atoms with Gasteiger partial charge in [0, 0.05) is 10.9 Å². The van der Waals surface area contributed by atoms with Gasteiger partial charge in [-0.05, 0) is 62.6 Å². The molecule has 0 saturated carbocycles. The van der Waals surface area contributed by atoms with Gasteiger partial charge in [-0.3, -0.25) is 4.79 Å². The molecule has 0 fully saturated rings. The quantitative estimate of drug-likeness (QED) is 0.722. The second-order valence-electron chi connectivity index (χ2n) is 6.00. The van der Waals surface area contributed by atoms with E-state index in [0.29, 0.717) is 6.54 Å². The van der Waals surface area contributed by atoms with Crippen LogP contribution >= 0.6 is 11.3 Å². The zero-order valence-electron chi connectivity index (χ0n) is 13.9. The summed E-state index contributed by atoms with van der Waals surface area (Å²) in [6.07, 6.45) is 0. The minimum absolute atomic E-state index is 0.0681. The third-order valence-electron chi connectivity index (χ3n) is 4.01. The van der Waals surface area contributed by atoms with Crippen LogP contribution in [0, 0.1) is 27.7 Å². The number of aryl methyl sites for hydroxylation is 4. The minimum Gasteiger partial charge on any atom is -0.268 e. The van der Waals surface area contributed by atoms with Crippen LogP contribution in [0.1, 0.15) is 27.1 Å². The summed E-state index contributed by atoms with van der Waals surface area (Å²) >= 11 is 1.69. The molecule has 0 amide bonds. The molecule has 3 nitrogen and oxygen atoms in total. The van der Waals surface area contributed by atoms with E-state index in [-0.39, 0.29) is 5.56 Å². The van der Waals surface area contributed by atoms with Gasteiger partial charge in [0.2, 0.25) is 0 Å². The zero-order chi connectivity index (χ0) is 16.6. The maximum Gasteiger partial charge on any atom is 0.267 e. The van der Waals surface area contributed by atoms with Gasteiger partial charge < -0.3 is 0 Å². The molecule has 0 spiro atoms. The number of nitrogens with zero attached hydrogens (tertiary/aromatic N) is 2. The summed E-state index contributed by atoms with van der Waals surface area (Å²) in [6.45, 7) is 8.85. The molecular formula is C19H20N2OS. The van der Waals surface area contributed by atoms with E-state index >= 15 is 0 Å². The summed E-state index contributed by atoms with van der Waals surface area (Å²) in [5.74, 6) is 0. The monoisotopic (exact) mass is 324 g/mol. The van der Waals surface area contributed by atoms with E-state index in [2.05, 4.69) is 57.1 Å². The Hall–Kier alpha value is -2.20. The van der Waals surface area contributed by atoms with Crippen LogP contribution in [0.2, 0.25) is 0 Å². The van der Waals surface area contributed by atoms with Crippen molar-refractivity contribution in [3.8, 4) is 10.6 Å². The van der Waals surface area contributed by atoms with E-state index in [1.165, 1.54) is 27.1 Å². The van der Waals surface area contributed by atoms with Crippen molar-refractivity contribution >= 4 is 11.3 Å². The van der Waals surface area contributed by atoms with E-state index in [0.717, 1.165) is 10.6 Å². The van der Waals surface area contributed by atoms with E-state index in [4.69, 9.17) is 0 Å². The Labute approximate surface area is 140 Å². The molecule has 0 bridgehead atoms. The highest BCUT2D eigenvalue weighted by molar-refractivity contribution is 7.15. The summed E-state index contributed by atoms with van der Waals surface area (Å²) in [5, 5.41) is 4.57. The lowest BCUT2D eigenvalue weighted by molar-refractivity contribution is 0.638. The third kappa shape index (κ3) is 3.27. The van der Waals surface area contributed by atoms with Gasteiger partial charge in [-0.15, -0.1) is 11.3 Å². The Balaban J connectivity index is 2.02. The first kappa shape index (κ1) is 15.7. The van der Waals surface area contributed by atoms with Crippen molar-refractivity contribution in [1.29, 1.82) is 0 Å². The normalized spacial score (nSPS) is 11.0. The molecule has 0 atom stereocenters. The molecule has 3 rings (SSSR count). The summed E-state index contributed by atoms with van der Waals surface area (Å²) in [7, 11) is 0. The second kappa shape index (κ2) is 6.13. The standard InChI is InChI=1S/C19H20N2OS/c1-12-9-13(2)16(14(3)10-12)11-21-19(22)8-6-17(20-21)18-7-5-15(4)23-18/h5-10H,11H2,1-4H3. The first-order valence-corrected chi connectivity index (χ1v) is 8.47. The van der Waals surface area contributed by atoms with Crippen molar-refractivity contribution in [1.82, 2.24) is 9.78 Å². The van der Waals surface area contributed by atoms with Gasteiger partial charge in [0.1, 0.15) is 5.69 Å². The lowest BCUT2D eigenvalue weighted by atomic mass is 10.00. The predicted molar refractivity (Wildman–Crippen MR) is 96.3 cm³/mol. The molecule has 0 N–H and O–H groups in total. The molecule has 0 aliphatic heterocycles.